The molecule has 0 radical (unpaired) electrons. The van der Waals surface area contributed by atoms with Crippen molar-refractivity contribution in [3.05, 3.63) is 12.1 Å². The molecule has 0 heterocycles. The van der Waals surface area contributed by atoms with E-state index in [0.29, 0.717) is 56.2 Å². The number of methoxy groups -OCH3 is 8. The van der Waals surface area contributed by atoms with Crippen molar-refractivity contribution in [2.24, 2.45) is 0 Å². The summed E-state index contributed by atoms with van der Waals surface area (Å²) >= 11 is 4.33. The molecule has 2 aromatic rings. The van der Waals surface area contributed by atoms with Crippen molar-refractivity contribution in [1.29, 1.82) is 0 Å². The van der Waals surface area contributed by atoms with Crippen LogP contribution < -0.4 is 28.4 Å². The van der Waals surface area contributed by atoms with Gasteiger partial charge in [-0.15, -0.1) is 0 Å². The fraction of sp³-hybridized carbons (Fsp3) is 0.455. The summed E-state index contributed by atoms with van der Waals surface area (Å²) in [6, 6.07) is 3.79. The van der Waals surface area contributed by atoms with E-state index in [2.05, 4.69) is 0 Å². The minimum Gasteiger partial charge on any atom is -0.495 e. The minimum atomic E-state index is 0.453. The average molecular weight is 519 g/mol. The lowest BCUT2D eigenvalue weighted by Crippen LogP contribution is -2.01. The van der Waals surface area contributed by atoms with Crippen molar-refractivity contribution in [3.8, 4) is 34.5 Å². The molecule has 0 spiro atoms. The third-order valence-corrected chi connectivity index (χ3v) is 7.49. The summed E-state index contributed by atoms with van der Waals surface area (Å²) in [6.07, 6.45) is 0. The van der Waals surface area contributed by atoms with Gasteiger partial charge in [-0.05, 0) is 12.1 Å². The molecule has 33 heavy (non-hydrogen) atoms. The van der Waals surface area contributed by atoms with Crippen LogP contribution in [0.2, 0.25) is 0 Å². The van der Waals surface area contributed by atoms with Crippen molar-refractivity contribution < 1.29 is 37.9 Å². The molecule has 11 heteroatoms. The number of hydrogen-bond acceptors (Lipinski definition) is 11. The van der Waals surface area contributed by atoms with Crippen LogP contribution >= 0.6 is 35.3 Å². The van der Waals surface area contributed by atoms with Crippen molar-refractivity contribution in [1.82, 2.24) is 0 Å². The van der Waals surface area contributed by atoms with Gasteiger partial charge in [0.15, 0.2) is 23.0 Å². The Balaban J connectivity index is 2.72. The SMILES string of the molecule is COCSc1cc(OC)c(Sc2c(OC)cc(SCOC)c(OC)c2OC)c(OC)c1OC. The molecule has 0 aromatic heterocycles. The van der Waals surface area contributed by atoms with E-state index >= 15 is 0 Å². The predicted octanol–water partition coefficient (Wildman–Crippen LogP) is 5.28. The Morgan fingerprint density at radius 1 is 0.515 bits per heavy atom. The van der Waals surface area contributed by atoms with E-state index < -0.39 is 0 Å². The molecule has 0 fully saturated rings. The average Bonchev–Trinajstić information content (AvgIpc) is 2.85. The minimum absolute atomic E-state index is 0.453. The summed E-state index contributed by atoms with van der Waals surface area (Å²) < 4.78 is 44.8. The third kappa shape index (κ3) is 6.21. The van der Waals surface area contributed by atoms with Gasteiger partial charge in [0.25, 0.3) is 0 Å². The summed E-state index contributed by atoms with van der Waals surface area (Å²) in [5, 5.41) is 0. The molecule has 0 amide bonds. The maximum Gasteiger partial charge on any atom is 0.179 e. The molecular formula is C22H30O8S3. The smallest absolute Gasteiger partial charge is 0.179 e. The second kappa shape index (κ2) is 13.8. The molecule has 0 bridgehead atoms. The highest BCUT2D eigenvalue weighted by molar-refractivity contribution is 8.00. The van der Waals surface area contributed by atoms with Crippen LogP contribution in [0, 0.1) is 0 Å². The predicted molar refractivity (Wildman–Crippen MR) is 132 cm³/mol. The molecule has 2 aromatic carbocycles. The number of ether oxygens (including phenoxy) is 8. The fourth-order valence-corrected chi connectivity index (χ4v) is 5.68. The number of hydrogen-bond donors (Lipinski definition) is 0. The van der Waals surface area contributed by atoms with E-state index in [0.717, 1.165) is 9.79 Å². The molecule has 184 valence electrons. The van der Waals surface area contributed by atoms with Crippen molar-refractivity contribution in [2.45, 2.75) is 19.6 Å². The van der Waals surface area contributed by atoms with Gasteiger partial charge in [0.05, 0.1) is 64.3 Å². The molecule has 0 atom stereocenters. The molecular weight excluding hydrogens is 488 g/mol. The van der Waals surface area contributed by atoms with Gasteiger partial charge in [0.2, 0.25) is 0 Å². The Morgan fingerprint density at radius 3 is 1.15 bits per heavy atom. The van der Waals surface area contributed by atoms with Gasteiger partial charge in [0.1, 0.15) is 21.3 Å². The molecule has 0 aliphatic heterocycles. The maximum atomic E-state index is 5.77. The van der Waals surface area contributed by atoms with E-state index in [9.17, 15) is 0 Å². The first-order valence-electron chi connectivity index (χ1n) is 9.62. The second-order valence-corrected chi connectivity index (χ2v) is 9.10. The summed E-state index contributed by atoms with van der Waals surface area (Å²) in [5.74, 6) is 4.35. The standard InChI is InChI=1S/C22H30O8S3/c1-23-11-31-15-9-13(25-3)21(19(29-7)17(15)27-5)33-22-14(26-4)10-16(32-12-24-2)18(28-6)20(22)30-8/h9-10H,11-12H2,1-8H3. The summed E-state index contributed by atoms with van der Waals surface area (Å²) in [4.78, 5) is 3.07. The van der Waals surface area contributed by atoms with Gasteiger partial charge in [-0.1, -0.05) is 35.3 Å². The molecule has 0 aliphatic rings. The lowest BCUT2D eigenvalue weighted by atomic mass is 10.3. The van der Waals surface area contributed by atoms with Crippen LogP contribution in [0.1, 0.15) is 0 Å². The van der Waals surface area contributed by atoms with E-state index in [1.54, 1.807) is 56.9 Å². The maximum absolute atomic E-state index is 5.77. The Bertz CT molecular complexity index is 850. The van der Waals surface area contributed by atoms with Crippen LogP contribution in [0.15, 0.2) is 31.7 Å². The van der Waals surface area contributed by atoms with Crippen LogP contribution in [0.3, 0.4) is 0 Å². The van der Waals surface area contributed by atoms with Gasteiger partial charge in [0, 0.05) is 14.2 Å². The van der Waals surface area contributed by atoms with Crippen molar-refractivity contribution >= 4 is 35.3 Å². The van der Waals surface area contributed by atoms with E-state index in [1.165, 1.54) is 35.3 Å². The molecule has 0 saturated carbocycles. The lowest BCUT2D eigenvalue weighted by molar-refractivity contribution is 0.258. The molecule has 0 aliphatic carbocycles. The zero-order chi connectivity index (χ0) is 24.4. The molecule has 8 nitrogen and oxygen atoms in total. The molecule has 0 saturated heterocycles. The summed E-state index contributed by atoms with van der Waals surface area (Å²) in [6.45, 7) is 0. The highest BCUT2D eigenvalue weighted by atomic mass is 32.2. The molecule has 0 unspecified atom stereocenters. The molecule has 2 rings (SSSR count). The van der Waals surface area contributed by atoms with E-state index in [1.807, 2.05) is 12.1 Å². The largest absolute Gasteiger partial charge is 0.495 e. The zero-order valence-electron chi connectivity index (χ0n) is 20.1. The van der Waals surface area contributed by atoms with Crippen LogP contribution in [-0.2, 0) is 9.47 Å². The molecule has 0 N–H and O–H groups in total. The number of benzene rings is 2. The lowest BCUT2D eigenvalue weighted by Gasteiger charge is -2.22. The van der Waals surface area contributed by atoms with Gasteiger partial charge in [-0.25, -0.2) is 0 Å². The summed E-state index contributed by atoms with van der Waals surface area (Å²) in [5.41, 5.74) is 0. The number of rotatable bonds is 14. The quantitative estimate of drug-likeness (QED) is 0.242. The first kappa shape index (κ1) is 27.5. The second-order valence-electron chi connectivity index (χ2n) is 6.15. The van der Waals surface area contributed by atoms with E-state index in [4.69, 9.17) is 37.9 Å². The van der Waals surface area contributed by atoms with Crippen molar-refractivity contribution in [3.63, 3.8) is 0 Å². The van der Waals surface area contributed by atoms with Gasteiger partial charge < -0.3 is 37.9 Å². The summed E-state index contributed by atoms with van der Waals surface area (Å²) in [7, 11) is 12.9. The Kier molecular flexibility index (Phi) is 11.5. The number of thioether (sulfide) groups is 2. The third-order valence-electron chi connectivity index (χ3n) is 4.37. The first-order valence-corrected chi connectivity index (χ1v) is 12.4. The fourth-order valence-electron chi connectivity index (χ4n) is 2.97. The Labute approximate surface area is 207 Å². The highest BCUT2D eigenvalue weighted by Gasteiger charge is 2.27. The Morgan fingerprint density at radius 2 is 0.879 bits per heavy atom. The van der Waals surface area contributed by atoms with Gasteiger partial charge in [-0.2, -0.15) is 0 Å². The van der Waals surface area contributed by atoms with Crippen LogP contribution in [0.4, 0.5) is 0 Å². The van der Waals surface area contributed by atoms with Crippen LogP contribution in [0.25, 0.3) is 0 Å². The normalized spacial score (nSPS) is 10.7. The van der Waals surface area contributed by atoms with Gasteiger partial charge in [-0.3, -0.25) is 0 Å². The monoisotopic (exact) mass is 518 g/mol. The highest BCUT2D eigenvalue weighted by Crippen LogP contribution is 2.56. The topological polar surface area (TPSA) is 73.8 Å². The van der Waals surface area contributed by atoms with Gasteiger partial charge >= 0.3 is 0 Å². The van der Waals surface area contributed by atoms with Crippen molar-refractivity contribution in [2.75, 3.05) is 68.8 Å². The first-order chi connectivity index (χ1) is 16.0. The van der Waals surface area contributed by atoms with Crippen LogP contribution in [0.5, 0.6) is 34.5 Å². The zero-order valence-corrected chi connectivity index (χ0v) is 22.5. The Hall–Kier alpha value is -1.79. The van der Waals surface area contributed by atoms with Crippen LogP contribution in [-0.4, -0.2) is 68.8 Å². The van der Waals surface area contributed by atoms with E-state index in [-0.39, 0.29) is 0 Å².